The topological polar surface area (TPSA) is 63.5 Å². The van der Waals surface area contributed by atoms with Gasteiger partial charge in [0.1, 0.15) is 0 Å². The van der Waals surface area contributed by atoms with Crippen LogP contribution in [0.4, 0.5) is 0 Å². The van der Waals surface area contributed by atoms with Crippen molar-refractivity contribution in [2.45, 2.75) is 72.9 Å². The highest BCUT2D eigenvalue weighted by atomic mass is 16.5. The third-order valence-electron chi connectivity index (χ3n) is 4.70. The number of methoxy groups -OCH3 is 1. The number of nitrogens with one attached hydrogen (secondary N) is 2. The summed E-state index contributed by atoms with van der Waals surface area (Å²) in [5, 5.41) is 11.4. The normalized spacial score (nSPS) is 12.0. The maximum Gasteiger partial charge on any atom is 0.191 e. The molecular weight excluding hydrogens is 326 g/mol. The van der Waals surface area contributed by atoms with E-state index in [1.807, 2.05) is 11.7 Å². The van der Waals surface area contributed by atoms with Crippen LogP contribution >= 0.6 is 0 Å². The van der Waals surface area contributed by atoms with Crippen molar-refractivity contribution in [2.24, 2.45) is 10.9 Å². The lowest BCUT2D eigenvalue weighted by Gasteiger charge is -2.12. The van der Waals surface area contributed by atoms with Crippen molar-refractivity contribution in [3.05, 3.63) is 17.0 Å². The molecule has 0 aliphatic carbocycles. The van der Waals surface area contributed by atoms with Gasteiger partial charge in [-0.15, -0.1) is 0 Å². The van der Waals surface area contributed by atoms with Gasteiger partial charge in [0, 0.05) is 38.5 Å². The summed E-state index contributed by atoms with van der Waals surface area (Å²) in [5.41, 5.74) is 3.48. The summed E-state index contributed by atoms with van der Waals surface area (Å²) >= 11 is 0. The molecule has 1 aromatic rings. The lowest BCUT2D eigenvalue weighted by atomic mass is 10.0. The fourth-order valence-electron chi connectivity index (χ4n) is 3.02. The molecule has 6 nitrogen and oxygen atoms in total. The van der Waals surface area contributed by atoms with E-state index in [1.54, 1.807) is 7.11 Å². The zero-order valence-electron chi connectivity index (χ0n) is 17.7. The fourth-order valence-corrected chi connectivity index (χ4v) is 3.02. The van der Waals surface area contributed by atoms with E-state index in [1.165, 1.54) is 43.4 Å². The molecule has 0 unspecified atom stereocenters. The first kappa shape index (κ1) is 22.5. The minimum atomic E-state index is 0.676. The first-order valence-electron chi connectivity index (χ1n) is 9.95. The summed E-state index contributed by atoms with van der Waals surface area (Å²) in [6.45, 7) is 11.9. The van der Waals surface area contributed by atoms with E-state index in [9.17, 15) is 0 Å². The number of unbranched alkanes of at least 4 members (excludes halogenated alkanes) is 3. The standard InChI is InChI=1S/C20H39N5O/c1-16(2)11-9-7-8-10-12-22-20(21-5)23-15-19-17(3)24-25(18(19)4)13-14-26-6/h16H,7-15H2,1-6H3,(H2,21,22,23). The van der Waals surface area contributed by atoms with Crippen LogP contribution in [-0.2, 0) is 17.8 Å². The van der Waals surface area contributed by atoms with Crippen LogP contribution in [0.5, 0.6) is 0 Å². The van der Waals surface area contributed by atoms with Crippen molar-refractivity contribution >= 4 is 5.96 Å². The second kappa shape index (κ2) is 12.7. The molecule has 0 saturated heterocycles. The highest BCUT2D eigenvalue weighted by Crippen LogP contribution is 2.12. The summed E-state index contributed by atoms with van der Waals surface area (Å²) in [6.07, 6.45) is 6.47. The van der Waals surface area contributed by atoms with E-state index in [4.69, 9.17) is 4.74 Å². The van der Waals surface area contributed by atoms with Crippen molar-refractivity contribution in [3.8, 4) is 0 Å². The Morgan fingerprint density at radius 2 is 1.88 bits per heavy atom. The number of rotatable bonds is 12. The number of hydrogen-bond donors (Lipinski definition) is 2. The number of ether oxygens (including phenoxy) is 1. The van der Waals surface area contributed by atoms with Crippen molar-refractivity contribution in [3.63, 3.8) is 0 Å². The van der Waals surface area contributed by atoms with Gasteiger partial charge in [0.25, 0.3) is 0 Å². The van der Waals surface area contributed by atoms with Crippen LogP contribution in [0.15, 0.2) is 4.99 Å². The van der Waals surface area contributed by atoms with Crippen LogP contribution in [0.2, 0.25) is 0 Å². The average Bonchev–Trinajstić information content (AvgIpc) is 2.88. The van der Waals surface area contributed by atoms with Crippen LogP contribution in [0.1, 0.15) is 62.9 Å². The molecule has 26 heavy (non-hydrogen) atoms. The third-order valence-corrected chi connectivity index (χ3v) is 4.70. The number of guanidine groups is 1. The molecule has 1 aromatic heterocycles. The summed E-state index contributed by atoms with van der Waals surface area (Å²) in [6, 6.07) is 0. The molecule has 0 aliphatic rings. The van der Waals surface area contributed by atoms with Crippen molar-refractivity contribution in [1.82, 2.24) is 20.4 Å². The minimum Gasteiger partial charge on any atom is -0.383 e. The molecule has 6 heteroatoms. The van der Waals surface area contributed by atoms with Gasteiger partial charge in [-0.05, 0) is 26.2 Å². The van der Waals surface area contributed by atoms with Crippen LogP contribution < -0.4 is 10.6 Å². The zero-order chi connectivity index (χ0) is 19.4. The van der Waals surface area contributed by atoms with Gasteiger partial charge in [-0.3, -0.25) is 9.67 Å². The molecular formula is C20H39N5O. The van der Waals surface area contributed by atoms with Crippen LogP contribution in [0, 0.1) is 19.8 Å². The minimum absolute atomic E-state index is 0.676. The summed E-state index contributed by atoms with van der Waals surface area (Å²) in [4.78, 5) is 4.32. The van der Waals surface area contributed by atoms with Gasteiger partial charge in [0.2, 0.25) is 0 Å². The first-order chi connectivity index (χ1) is 12.5. The molecule has 0 bridgehead atoms. The molecule has 0 fully saturated rings. The predicted molar refractivity (Wildman–Crippen MR) is 110 cm³/mol. The smallest absolute Gasteiger partial charge is 0.191 e. The van der Waals surface area contributed by atoms with Gasteiger partial charge in [-0.1, -0.05) is 39.5 Å². The largest absolute Gasteiger partial charge is 0.383 e. The van der Waals surface area contributed by atoms with Crippen molar-refractivity contribution < 1.29 is 4.74 Å². The van der Waals surface area contributed by atoms with Crippen molar-refractivity contribution in [2.75, 3.05) is 27.3 Å². The SMILES string of the molecule is CN=C(NCCCCCCC(C)C)NCc1c(C)nn(CCOC)c1C. The number of aromatic nitrogens is 2. The van der Waals surface area contributed by atoms with Gasteiger partial charge < -0.3 is 15.4 Å². The number of aliphatic imine (C=N–C) groups is 1. The van der Waals surface area contributed by atoms with Gasteiger partial charge in [0.15, 0.2) is 5.96 Å². The maximum absolute atomic E-state index is 5.15. The molecule has 0 aliphatic heterocycles. The zero-order valence-corrected chi connectivity index (χ0v) is 17.7. The predicted octanol–water partition coefficient (Wildman–Crippen LogP) is 3.42. The Labute approximate surface area is 159 Å². The third kappa shape index (κ3) is 8.21. The summed E-state index contributed by atoms with van der Waals surface area (Å²) in [5.74, 6) is 1.68. The Morgan fingerprint density at radius 1 is 1.15 bits per heavy atom. The molecule has 2 N–H and O–H groups in total. The Morgan fingerprint density at radius 3 is 2.54 bits per heavy atom. The lowest BCUT2D eigenvalue weighted by Crippen LogP contribution is -2.37. The van der Waals surface area contributed by atoms with E-state index in [-0.39, 0.29) is 0 Å². The van der Waals surface area contributed by atoms with Gasteiger partial charge in [0.05, 0.1) is 18.8 Å². The Kier molecular flexibility index (Phi) is 11.0. The number of hydrogen-bond acceptors (Lipinski definition) is 3. The van der Waals surface area contributed by atoms with Crippen LogP contribution in [-0.4, -0.2) is 43.0 Å². The fraction of sp³-hybridized carbons (Fsp3) is 0.800. The Hall–Kier alpha value is -1.56. The van der Waals surface area contributed by atoms with E-state index < -0.39 is 0 Å². The summed E-state index contributed by atoms with van der Waals surface area (Å²) < 4.78 is 7.17. The van der Waals surface area contributed by atoms with Gasteiger partial charge in [-0.25, -0.2) is 0 Å². The van der Waals surface area contributed by atoms with Crippen LogP contribution in [0.3, 0.4) is 0 Å². The molecule has 0 aromatic carbocycles. The second-order valence-corrected chi connectivity index (χ2v) is 7.31. The monoisotopic (exact) mass is 365 g/mol. The number of nitrogens with zero attached hydrogens (tertiary/aromatic N) is 3. The molecule has 150 valence electrons. The van der Waals surface area contributed by atoms with E-state index in [0.29, 0.717) is 6.61 Å². The van der Waals surface area contributed by atoms with E-state index in [0.717, 1.165) is 37.2 Å². The number of aryl methyl sites for hydroxylation is 1. The summed E-state index contributed by atoms with van der Waals surface area (Å²) in [7, 11) is 3.54. The van der Waals surface area contributed by atoms with E-state index >= 15 is 0 Å². The molecule has 0 saturated carbocycles. The lowest BCUT2D eigenvalue weighted by molar-refractivity contribution is 0.182. The molecule has 0 radical (unpaired) electrons. The van der Waals surface area contributed by atoms with Crippen LogP contribution in [0.25, 0.3) is 0 Å². The highest BCUT2D eigenvalue weighted by Gasteiger charge is 2.11. The maximum atomic E-state index is 5.15. The molecule has 0 spiro atoms. The second-order valence-electron chi connectivity index (χ2n) is 7.31. The molecule has 1 rings (SSSR count). The molecule has 0 atom stereocenters. The Balaban J connectivity index is 2.33. The van der Waals surface area contributed by atoms with Gasteiger partial charge in [-0.2, -0.15) is 5.10 Å². The van der Waals surface area contributed by atoms with Crippen molar-refractivity contribution in [1.29, 1.82) is 0 Å². The van der Waals surface area contributed by atoms with Gasteiger partial charge >= 0.3 is 0 Å². The average molecular weight is 366 g/mol. The highest BCUT2D eigenvalue weighted by molar-refractivity contribution is 5.79. The molecule has 1 heterocycles. The quantitative estimate of drug-likeness (QED) is 0.338. The Bertz CT molecular complexity index is 537. The first-order valence-corrected chi connectivity index (χ1v) is 9.95. The van der Waals surface area contributed by atoms with E-state index in [2.05, 4.69) is 48.4 Å². The molecule has 0 amide bonds.